The Morgan fingerprint density at radius 2 is 2.05 bits per heavy atom. The predicted molar refractivity (Wildman–Crippen MR) is 83.0 cm³/mol. The zero-order chi connectivity index (χ0) is 15.8. The van der Waals surface area contributed by atoms with Gasteiger partial charge >= 0.3 is 5.97 Å². The second kappa shape index (κ2) is 8.24. The van der Waals surface area contributed by atoms with Gasteiger partial charge in [-0.1, -0.05) is 38.0 Å². The van der Waals surface area contributed by atoms with E-state index in [4.69, 9.17) is 14.3 Å². The number of hydrogen-bond donors (Lipinski definition) is 2. The van der Waals surface area contributed by atoms with Gasteiger partial charge in [0.1, 0.15) is 17.6 Å². The Morgan fingerprint density at radius 1 is 1.27 bits per heavy atom. The second-order valence-corrected chi connectivity index (χ2v) is 5.05. The van der Waals surface area contributed by atoms with Crippen LogP contribution in [-0.2, 0) is 11.3 Å². The first-order chi connectivity index (χ1) is 10.7. The molecule has 2 rings (SSSR count). The molecule has 0 fully saturated rings. The van der Waals surface area contributed by atoms with Crippen molar-refractivity contribution in [1.29, 1.82) is 0 Å². The molecule has 0 saturated heterocycles. The lowest BCUT2D eigenvalue weighted by molar-refractivity contribution is -0.139. The van der Waals surface area contributed by atoms with Crippen molar-refractivity contribution in [1.82, 2.24) is 5.32 Å². The fourth-order valence-electron chi connectivity index (χ4n) is 2.06. The highest BCUT2D eigenvalue weighted by atomic mass is 16.6. The van der Waals surface area contributed by atoms with Crippen LogP contribution in [0.25, 0.3) is 0 Å². The van der Waals surface area contributed by atoms with E-state index in [1.165, 1.54) is 0 Å². The lowest BCUT2D eigenvalue weighted by atomic mass is 10.1. The highest BCUT2D eigenvalue weighted by Gasteiger charge is 2.16. The van der Waals surface area contributed by atoms with Crippen molar-refractivity contribution in [2.45, 2.75) is 38.8 Å². The first-order valence-electron chi connectivity index (χ1n) is 7.47. The van der Waals surface area contributed by atoms with Gasteiger partial charge in [-0.25, -0.2) is 0 Å². The molecule has 0 radical (unpaired) electrons. The third kappa shape index (κ3) is 4.93. The van der Waals surface area contributed by atoms with Crippen LogP contribution >= 0.6 is 0 Å². The van der Waals surface area contributed by atoms with E-state index in [0.717, 1.165) is 12.8 Å². The van der Waals surface area contributed by atoms with Gasteiger partial charge in [-0.05, 0) is 24.6 Å². The van der Waals surface area contributed by atoms with E-state index >= 15 is 0 Å². The number of unbranched alkanes of at least 4 members (excludes halogenated alkanes) is 1. The summed E-state index contributed by atoms with van der Waals surface area (Å²) in [5.74, 6) is 0.903. The summed E-state index contributed by atoms with van der Waals surface area (Å²) in [7, 11) is 0. The van der Waals surface area contributed by atoms with Crippen molar-refractivity contribution in [2.75, 3.05) is 0 Å². The summed E-state index contributed by atoms with van der Waals surface area (Å²) in [6, 6.07) is 12.3. The van der Waals surface area contributed by atoms with Gasteiger partial charge < -0.3 is 14.3 Å². The summed E-state index contributed by atoms with van der Waals surface area (Å²) in [6.45, 7) is 2.40. The molecular formula is C17H21NO4. The second-order valence-electron chi connectivity index (χ2n) is 5.05. The summed E-state index contributed by atoms with van der Waals surface area (Å²) in [4.78, 5) is 11.2. The highest BCUT2D eigenvalue weighted by Crippen LogP contribution is 2.23. The van der Waals surface area contributed by atoms with Crippen LogP contribution in [0.5, 0.6) is 11.7 Å². The molecule has 1 heterocycles. The maximum Gasteiger partial charge on any atom is 0.320 e. The van der Waals surface area contributed by atoms with Crippen LogP contribution in [0.1, 0.15) is 31.9 Å². The first kappa shape index (κ1) is 16.1. The van der Waals surface area contributed by atoms with Crippen LogP contribution in [0.2, 0.25) is 0 Å². The number of aliphatic carboxylic acids is 1. The number of furan rings is 1. The van der Waals surface area contributed by atoms with Gasteiger partial charge in [-0.15, -0.1) is 0 Å². The van der Waals surface area contributed by atoms with Crippen LogP contribution in [0.4, 0.5) is 0 Å². The van der Waals surface area contributed by atoms with E-state index in [1.54, 1.807) is 12.1 Å². The van der Waals surface area contributed by atoms with Gasteiger partial charge in [0.25, 0.3) is 5.95 Å². The Labute approximate surface area is 129 Å². The molecule has 0 amide bonds. The standard InChI is InChI=1S/C17H21NO4/c1-2-3-9-15(17(19)20)18-12-14-10-11-16(22-14)21-13-7-5-4-6-8-13/h4-8,10-11,15,18H,2-3,9,12H2,1H3,(H,19,20)/t15-/m0/s1. The third-order valence-corrected chi connectivity index (χ3v) is 3.27. The number of carbonyl (C=O) groups is 1. The van der Waals surface area contributed by atoms with E-state index < -0.39 is 12.0 Å². The Kier molecular flexibility index (Phi) is 6.03. The molecule has 1 aromatic heterocycles. The Morgan fingerprint density at radius 3 is 2.73 bits per heavy atom. The van der Waals surface area contributed by atoms with Crippen molar-refractivity contribution in [2.24, 2.45) is 0 Å². The third-order valence-electron chi connectivity index (χ3n) is 3.27. The fraction of sp³-hybridized carbons (Fsp3) is 0.353. The molecule has 0 bridgehead atoms. The molecule has 2 N–H and O–H groups in total. The Bertz CT molecular complexity index is 579. The summed E-state index contributed by atoms with van der Waals surface area (Å²) >= 11 is 0. The number of nitrogens with one attached hydrogen (secondary N) is 1. The zero-order valence-electron chi connectivity index (χ0n) is 12.6. The van der Waals surface area contributed by atoms with Gasteiger partial charge in [-0.3, -0.25) is 10.1 Å². The topological polar surface area (TPSA) is 71.7 Å². The van der Waals surface area contributed by atoms with Crippen molar-refractivity contribution in [3.05, 3.63) is 48.2 Å². The van der Waals surface area contributed by atoms with E-state index in [0.29, 0.717) is 30.4 Å². The molecule has 0 aliphatic heterocycles. The molecule has 0 spiro atoms. The van der Waals surface area contributed by atoms with E-state index in [2.05, 4.69) is 5.32 Å². The molecule has 5 heteroatoms. The molecular weight excluding hydrogens is 282 g/mol. The molecule has 1 aromatic carbocycles. The van der Waals surface area contributed by atoms with Crippen molar-refractivity contribution in [3.8, 4) is 11.7 Å². The normalized spacial score (nSPS) is 12.0. The average molecular weight is 303 g/mol. The number of ether oxygens (including phenoxy) is 1. The molecule has 0 aliphatic rings. The maximum absolute atomic E-state index is 11.2. The Balaban J connectivity index is 1.87. The molecule has 2 aromatic rings. The molecule has 118 valence electrons. The van der Waals surface area contributed by atoms with Crippen LogP contribution in [0.15, 0.2) is 46.9 Å². The summed E-state index contributed by atoms with van der Waals surface area (Å²) < 4.78 is 11.1. The minimum atomic E-state index is -0.833. The SMILES string of the molecule is CCCC[C@H](NCc1ccc(Oc2ccccc2)o1)C(=O)O. The van der Waals surface area contributed by atoms with Crippen LogP contribution < -0.4 is 10.1 Å². The highest BCUT2D eigenvalue weighted by molar-refractivity contribution is 5.73. The number of para-hydroxylation sites is 1. The van der Waals surface area contributed by atoms with E-state index in [9.17, 15) is 4.79 Å². The largest absolute Gasteiger partial charge is 0.480 e. The van der Waals surface area contributed by atoms with Gasteiger partial charge in [0.05, 0.1) is 6.54 Å². The average Bonchev–Trinajstić information content (AvgIpc) is 2.95. The number of benzene rings is 1. The lowest BCUT2D eigenvalue weighted by Gasteiger charge is -2.12. The van der Waals surface area contributed by atoms with E-state index in [-0.39, 0.29) is 0 Å². The quantitative estimate of drug-likeness (QED) is 0.737. The van der Waals surface area contributed by atoms with E-state index in [1.807, 2.05) is 37.3 Å². The zero-order valence-corrected chi connectivity index (χ0v) is 12.6. The fourth-order valence-corrected chi connectivity index (χ4v) is 2.06. The number of rotatable bonds is 9. The lowest BCUT2D eigenvalue weighted by Crippen LogP contribution is -2.36. The first-order valence-corrected chi connectivity index (χ1v) is 7.47. The summed E-state index contributed by atoms with van der Waals surface area (Å²) in [6.07, 6.45) is 2.46. The van der Waals surface area contributed by atoms with Gasteiger partial charge in [-0.2, -0.15) is 0 Å². The van der Waals surface area contributed by atoms with Crippen molar-refractivity contribution >= 4 is 5.97 Å². The van der Waals surface area contributed by atoms with Gasteiger partial charge in [0.15, 0.2) is 0 Å². The number of carboxylic acids is 1. The summed E-state index contributed by atoms with van der Waals surface area (Å²) in [5.41, 5.74) is 0. The summed E-state index contributed by atoms with van der Waals surface area (Å²) in [5, 5.41) is 12.2. The monoisotopic (exact) mass is 303 g/mol. The molecule has 5 nitrogen and oxygen atoms in total. The van der Waals surface area contributed by atoms with Crippen molar-refractivity contribution < 1.29 is 19.1 Å². The molecule has 0 aliphatic carbocycles. The minimum Gasteiger partial charge on any atom is -0.480 e. The minimum absolute atomic E-state index is 0.360. The van der Waals surface area contributed by atoms with Gasteiger partial charge in [0, 0.05) is 6.07 Å². The van der Waals surface area contributed by atoms with Gasteiger partial charge in [0.2, 0.25) is 0 Å². The predicted octanol–water partition coefficient (Wildman–Crippen LogP) is 3.80. The Hall–Kier alpha value is -2.27. The van der Waals surface area contributed by atoms with Crippen LogP contribution in [0, 0.1) is 0 Å². The van der Waals surface area contributed by atoms with Crippen molar-refractivity contribution in [3.63, 3.8) is 0 Å². The van der Waals surface area contributed by atoms with Crippen LogP contribution in [-0.4, -0.2) is 17.1 Å². The molecule has 0 unspecified atom stereocenters. The van der Waals surface area contributed by atoms with Crippen LogP contribution in [0.3, 0.4) is 0 Å². The number of hydrogen-bond acceptors (Lipinski definition) is 4. The maximum atomic E-state index is 11.2. The molecule has 1 atom stereocenters. The number of carboxylic acid groups (broad SMARTS) is 1. The molecule has 22 heavy (non-hydrogen) atoms. The smallest absolute Gasteiger partial charge is 0.320 e. The molecule has 0 saturated carbocycles.